The summed E-state index contributed by atoms with van der Waals surface area (Å²) in [4.78, 5) is 40.9. The number of phenols is 1. The Morgan fingerprint density at radius 2 is 1.79 bits per heavy atom. The molecule has 10 nitrogen and oxygen atoms in total. The van der Waals surface area contributed by atoms with Crippen LogP contribution in [0.1, 0.15) is 33.5 Å². The van der Waals surface area contributed by atoms with Gasteiger partial charge in [0.1, 0.15) is 18.0 Å². The van der Waals surface area contributed by atoms with Crippen LogP contribution in [-0.2, 0) is 22.6 Å². The van der Waals surface area contributed by atoms with Crippen molar-refractivity contribution in [2.45, 2.75) is 50.7 Å². The Morgan fingerprint density at radius 1 is 1.02 bits per heavy atom. The molecular weight excluding hydrogens is 545 g/mol. The van der Waals surface area contributed by atoms with E-state index in [-0.39, 0.29) is 44.0 Å². The first-order valence-corrected chi connectivity index (χ1v) is 13.6. The van der Waals surface area contributed by atoms with Gasteiger partial charge in [-0.25, -0.2) is 4.39 Å². The molecule has 0 aromatic heterocycles. The van der Waals surface area contributed by atoms with Gasteiger partial charge in [0.25, 0.3) is 11.8 Å². The van der Waals surface area contributed by atoms with Gasteiger partial charge in [-0.1, -0.05) is 42.5 Å². The summed E-state index contributed by atoms with van der Waals surface area (Å²) in [5.74, 6) is -0.944. The number of hydrogen-bond donors (Lipinski definition) is 4. The maximum atomic E-state index is 14.6. The SMILES string of the molecule is Cc1c(O)cccc1C(=O)N[C@@H](Cc1ccccc1)[C@H](O)C(=O)N1C[C@@H](F)C[C@H]1C(=O)NCc1ccc2c(c1)OCO2. The van der Waals surface area contributed by atoms with E-state index in [1.54, 1.807) is 49.4 Å². The van der Waals surface area contributed by atoms with Crippen molar-refractivity contribution in [3.05, 3.63) is 89.0 Å². The quantitative estimate of drug-likeness (QED) is 0.307. The van der Waals surface area contributed by atoms with Gasteiger partial charge in [-0.05, 0) is 48.7 Å². The second-order valence-electron chi connectivity index (χ2n) is 10.4. The maximum absolute atomic E-state index is 14.6. The molecule has 5 rings (SSSR count). The lowest BCUT2D eigenvalue weighted by atomic mass is 9.98. The third-order valence-electron chi connectivity index (χ3n) is 7.54. The molecular formula is C31H32FN3O7. The molecule has 0 aliphatic carbocycles. The molecule has 1 fully saturated rings. The fourth-order valence-corrected chi connectivity index (χ4v) is 5.20. The summed E-state index contributed by atoms with van der Waals surface area (Å²) >= 11 is 0. The first-order chi connectivity index (χ1) is 20.2. The number of ether oxygens (including phenoxy) is 2. The van der Waals surface area contributed by atoms with Crippen LogP contribution in [-0.4, -0.2) is 70.5 Å². The van der Waals surface area contributed by atoms with Gasteiger partial charge in [0.05, 0.1) is 12.6 Å². The molecule has 11 heteroatoms. The zero-order valence-corrected chi connectivity index (χ0v) is 23.0. The Bertz CT molecular complexity index is 1470. The molecule has 0 radical (unpaired) electrons. The predicted octanol–water partition coefficient (Wildman–Crippen LogP) is 2.39. The van der Waals surface area contributed by atoms with Gasteiger partial charge in [-0.3, -0.25) is 14.4 Å². The lowest BCUT2D eigenvalue weighted by molar-refractivity contribution is -0.146. The van der Waals surface area contributed by atoms with Gasteiger partial charge < -0.3 is 35.2 Å². The van der Waals surface area contributed by atoms with Gasteiger partial charge in [-0.2, -0.15) is 0 Å². The molecule has 3 amide bonds. The van der Waals surface area contributed by atoms with Crippen LogP contribution in [0.3, 0.4) is 0 Å². The zero-order valence-electron chi connectivity index (χ0n) is 23.0. The smallest absolute Gasteiger partial charge is 0.254 e. The summed E-state index contributed by atoms with van der Waals surface area (Å²) in [5.41, 5.74) is 1.99. The molecule has 2 heterocycles. The van der Waals surface area contributed by atoms with E-state index in [0.29, 0.717) is 17.1 Å². The second kappa shape index (κ2) is 12.5. The van der Waals surface area contributed by atoms with Crippen molar-refractivity contribution in [2.75, 3.05) is 13.3 Å². The Balaban J connectivity index is 1.31. The first kappa shape index (κ1) is 28.9. The highest BCUT2D eigenvalue weighted by atomic mass is 19.1. The van der Waals surface area contributed by atoms with Gasteiger partial charge in [0.2, 0.25) is 12.7 Å². The molecule has 0 spiro atoms. The van der Waals surface area contributed by atoms with Gasteiger partial charge in [-0.15, -0.1) is 0 Å². The zero-order chi connectivity index (χ0) is 29.8. The van der Waals surface area contributed by atoms with E-state index in [1.807, 2.05) is 6.07 Å². The van der Waals surface area contributed by atoms with Crippen LogP contribution in [0.2, 0.25) is 0 Å². The Labute approximate surface area is 242 Å². The highest BCUT2D eigenvalue weighted by Crippen LogP contribution is 2.32. The molecule has 4 N–H and O–H groups in total. The van der Waals surface area contributed by atoms with Crippen molar-refractivity contribution in [3.8, 4) is 17.2 Å². The highest BCUT2D eigenvalue weighted by Gasteiger charge is 2.43. The molecule has 4 atom stereocenters. The number of nitrogens with zero attached hydrogens (tertiary/aromatic N) is 1. The number of carbonyl (C=O) groups is 3. The number of halogens is 1. The summed E-state index contributed by atoms with van der Waals surface area (Å²) in [6, 6.07) is 16.4. The number of phenolic OH excluding ortho intramolecular Hbond substituents is 1. The van der Waals surface area contributed by atoms with E-state index >= 15 is 0 Å². The summed E-state index contributed by atoms with van der Waals surface area (Å²) in [6.45, 7) is 1.44. The number of amides is 3. The van der Waals surface area contributed by atoms with Crippen LogP contribution < -0.4 is 20.1 Å². The van der Waals surface area contributed by atoms with Crippen molar-refractivity contribution in [3.63, 3.8) is 0 Å². The summed E-state index contributed by atoms with van der Waals surface area (Å²) in [7, 11) is 0. The number of hydrogen-bond acceptors (Lipinski definition) is 7. The number of aromatic hydroxyl groups is 1. The van der Waals surface area contributed by atoms with Gasteiger partial charge >= 0.3 is 0 Å². The number of fused-ring (bicyclic) bond motifs is 1. The fourth-order valence-electron chi connectivity index (χ4n) is 5.20. The molecule has 2 aliphatic heterocycles. The molecule has 220 valence electrons. The Hall–Kier alpha value is -4.64. The van der Waals surface area contributed by atoms with Crippen LogP contribution in [0, 0.1) is 6.92 Å². The Kier molecular flexibility index (Phi) is 8.58. The van der Waals surface area contributed by atoms with Crippen molar-refractivity contribution < 1.29 is 38.5 Å². The fraction of sp³-hybridized carbons (Fsp3) is 0.323. The van der Waals surface area contributed by atoms with E-state index < -0.39 is 42.1 Å². The lowest BCUT2D eigenvalue weighted by Crippen LogP contribution is -2.55. The number of aliphatic hydroxyl groups is 1. The van der Waals surface area contributed by atoms with Crippen molar-refractivity contribution in [2.24, 2.45) is 0 Å². The number of likely N-dealkylation sites (tertiary alicyclic amines) is 1. The van der Waals surface area contributed by atoms with Crippen molar-refractivity contribution >= 4 is 17.7 Å². The molecule has 3 aromatic carbocycles. The van der Waals surface area contributed by atoms with Crippen molar-refractivity contribution in [1.82, 2.24) is 15.5 Å². The van der Waals surface area contributed by atoms with E-state index in [4.69, 9.17) is 9.47 Å². The van der Waals surface area contributed by atoms with Gasteiger partial charge in [0.15, 0.2) is 17.6 Å². The minimum absolute atomic E-state index is 0.0699. The highest BCUT2D eigenvalue weighted by molar-refractivity contribution is 5.97. The van der Waals surface area contributed by atoms with E-state index in [1.165, 1.54) is 18.2 Å². The number of aliphatic hydroxyl groups excluding tert-OH is 1. The minimum atomic E-state index is -1.78. The number of carbonyl (C=O) groups excluding carboxylic acids is 3. The average molecular weight is 578 g/mol. The minimum Gasteiger partial charge on any atom is -0.508 e. The standard InChI is InChI=1S/C31H32FN3O7/c1-18-22(8-5-9-25(18)36)29(38)34-23(12-19-6-3-2-4-7-19)28(37)31(40)35-16-21(32)14-24(35)30(39)33-15-20-10-11-26-27(13-20)42-17-41-26/h2-11,13,21,23-24,28,36-37H,12,14-17H2,1H3,(H,33,39)(H,34,38)/t21-,23-,24-,28-/m0/s1. The number of nitrogens with one attached hydrogen (secondary N) is 2. The van der Waals surface area contributed by atoms with Crippen LogP contribution in [0.4, 0.5) is 4.39 Å². The maximum Gasteiger partial charge on any atom is 0.254 e. The Morgan fingerprint density at radius 3 is 2.57 bits per heavy atom. The largest absolute Gasteiger partial charge is 0.508 e. The summed E-state index contributed by atoms with van der Waals surface area (Å²) < 4.78 is 25.3. The van der Waals surface area contributed by atoms with E-state index in [0.717, 1.165) is 16.0 Å². The topological polar surface area (TPSA) is 137 Å². The van der Waals surface area contributed by atoms with Crippen molar-refractivity contribution in [1.29, 1.82) is 0 Å². The number of benzene rings is 3. The van der Waals surface area contributed by atoms with Gasteiger partial charge in [0, 0.05) is 24.1 Å². The number of alkyl halides is 1. The van der Waals surface area contributed by atoms with Crippen LogP contribution in [0.25, 0.3) is 0 Å². The summed E-state index contributed by atoms with van der Waals surface area (Å²) in [5, 5.41) is 26.8. The average Bonchev–Trinajstić information content (AvgIpc) is 3.62. The first-order valence-electron chi connectivity index (χ1n) is 13.6. The molecule has 0 bridgehead atoms. The molecule has 1 saturated heterocycles. The number of rotatable bonds is 9. The molecule has 3 aromatic rings. The van der Waals surface area contributed by atoms with E-state index in [2.05, 4.69) is 10.6 Å². The molecule has 2 aliphatic rings. The van der Waals surface area contributed by atoms with E-state index in [9.17, 15) is 29.0 Å². The molecule has 42 heavy (non-hydrogen) atoms. The molecule has 0 unspecified atom stereocenters. The lowest BCUT2D eigenvalue weighted by Gasteiger charge is -2.30. The predicted molar refractivity (Wildman–Crippen MR) is 150 cm³/mol. The van der Waals surface area contributed by atoms with Crippen LogP contribution in [0.5, 0.6) is 17.2 Å². The normalized spacial score (nSPS) is 18.8. The summed E-state index contributed by atoms with van der Waals surface area (Å²) in [6.07, 6.45) is -3.37. The second-order valence-corrected chi connectivity index (χ2v) is 10.4. The third-order valence-corrected chi connectivity index (χ3v) is 7.54. The van der Waals surface area contributed by atoms with Crippen LogP contribution in [0.15, 0.2) is 66.7 Å². The van der Waals surface area contributed by atoms with Crippen LogP contribution >= 0.6 is 0 Å². The third kappa shape index (κ3) is 6.31. The molecule has 0 saturated carbocycles. The monoisotopic (exact) mass is 577 g/mol.